The molecule has 3 rings (SSSR count). The van der Waals surface area contributed by atoms with Crippen LogP contribution in [0.25, 0.3) is 11.3 Å². The van der Waals surface area contributed by atoms with Gasteiger partial charge in [-0.25, -0.2) is 9.18 Å². The largest absolute Gasteiger partial charge is 0.507 e. The van der Waals surface area contributed by atoms with Crippen molar-refractivity contribution in [1.82, 2.24) is 0 Å². The summed E-state index contributed by atoms with van der Waals surface area (Å²) in [6, 6.07) is 12.5. The molecule has 126 valence electrons. The van der Waals surface area contributed by atoms with Gasteiger partial charge in [0.05, 0.1) is 7.11 Å². The maximum absolute atomic E-state index is 12.9. The summed E-state index contributed by atoms with van der Waals surface area (Å²) in [6.45, 7) is 0. The van der Waals surface area contributed by atoms with Crippen molar-refractivity contribution in [3.05, 3.63) is 77.3 Å². The lowest BCUT2D eigenvalue weighted by Gasteiger charge is -2.04. The van der Waals surface area contributed by atoms with Gasteiger partial charge in [0, 0.05) is 11.1 Å². The van der Waals surface area contributed by atoms with Crippen LogP contribution in [0.1, 0.15) is 26.5 Å². The van der Waals surface area contributed by atoms with Gasteiger partial charge in [0.1, 0.15) is 22.9 Å². The van der Waals surface area contributed by atoms with Crippen LogP contribution in [0.4, 0.5) is 4.39 Å². The van der Waals surface area contributed by atoms with E-state index < -0.39 is 11.8 Å². The second-order valence-electron chi connectivity index (χ2n) is 5.22. The van der Waals surface area contributed by atoms with E-state index in [0.717, 1.165) is 0 Å². The molecular weight excluding hydrogens is 327 g/mol. The molecule has 25 heavy (non-hydrogen) atoms. The summed E-state index contributed by atoms with van der Waals surface area (Å²) in [7, 11) is 1.22. The molecule has 1 aromatic heterocycles. The zero-order valence-corrected chi connectivity index (χ0v) is 13.2. The van der Waals surface area contributed by atoms with Crippen molar-refractivity contribution >= 4 is 11.8 Å². The molecule has 0 aliphatic carbocycles. The molecule has 0 bridgehead atoms. The fourth-order valence-electron chi connectivity index (χ4n) is 2.33. The molecule has 6 heteroatoms. The summed E-state index contributed by atoms with van der Waals surface area (Å²) >= 11 is 0. The van der Waals surface area contributed by atoms with Gasteiger partial charge < -0.3 is 14.3 Å². The zero-order chi connectivity index (χ0) is 18.0. The van der Waals surface area contributed by atoms with Crippen LogP contribution in [0.5, 0.6) is 5.75 Å². The van der Waals surface area contributed by atoms with Crippen molar-refractivity contribution in [2.24, 2.45) is 0 Å². The SMILES string of the molecule is COC(=O)c1ccc(-c2ccc(C(=O)c3ccc(F)cc3)o2)cc1O. The van der Waals surface area contributed by atoms with E-state index in [1.54, 1.807) is 12.1 Å². The summed E-state index contributed by atoms with van der Waals surface area (Å²) in [5, 5.41) is 9.93. The number of rotatable bonds is 4. The normalized spacial score (nSPS) is 10.5. The average Bonchev–Trinajstić information content (AvgIpc) is 3.11. The first-order valence-electron chi connectivity index (χ1n) is 7.31. The topological polar surface area (TPSA) is 76.7 Å². The Hall–Kier alpha value is -3.41. The highest BCUT2D eigenvalue weighted by molar-refractivity contribution is 6.07. The Bertz CT molecular complexity index is 941. The molecule has 0 fully saturated rings. The number of furan rings is 1. The van der Waals surface area contributed by atoms with Gasteiger partial charge in [-0.3, -0.25) is 4.79 Å². The maximum Gasteiger partial charge on any atom is 0.341 e. The van der Waals surface area contributed by atoms with Crippen molar-refractivity contribution in [3.8, 4) is 17.1 Å². The lowest BCUT2D eigenvalue weighted by atomic mass is 10.1. The second-order valence-corrected chi connectivity index (χ2v) is 5.22. The van der Waals surface area contributed by atoms with Crippen LogP contribution >= 0.6 is 0 Å². The van der Waals surface area contributed by atoms with E-state index in [2.05, 4.69) is 4.74 Å². The van der Waals surface area contributed by atoms with Gasteiger partial charge in [-0.2, -0.15) is 0 Å². The number of hydrogen-bond acceptors (Lipinski definition) is 5. The number of esters is 1. The molecule has 0 radical (unpaired) electrons. The molecule has 5 nitrogen and oxygen atoms in total. The van der Waals surface area contributed by atoms with Gasteiger partial charge in [-0.15, -0.1) is 0 Å². The minimum atomic E-state index is -0.657. The number of methoxy groups -OCH3 is 1. The number of phenols is 1. The Labute approximate surface area is 142 Å². The number of phenolic OH excluding ortho intramolecular Hbond substituents is 1. The van der Waals surface area contributed by atoms with Crippen LogP contribution < -0.4 is 0 Å². The molecule has 0 atom stereocenters. The highest BCUT2D eigenvalue weighted by Gasteiger charge is 2.17. The van der Waals surface area contributed by atoms with Gasteiger partial charge in [0.15, 0.2) is 5.76 Å². The maximum atomic E-state index is 12.9. The minimum Gasteiger partial charge on any atom is -0.507 e. The number of ketones is 1. The van der Waals surface area contributed by atoms with E-state index in [1.807, 2.05) is 0 Å². The Morgan fingerprint density at radius 1 is 1.04 bits per heavy atom. The molecule has 0 amide bonds. The first kappa shape index (κ1) is 16.4. The molecular formula is C19H13FO5. The highest BCUT2D eigenvalue weighted by atomic mass is 19.1. The predicted octanol–water partition coefficient (Wildman–Crippen LogP) is 3.81. The molecule has 0 aliphatic heterocycles. The summed E-state index contributed by atoms with van der Waals surface area (Å²) in [5.41, 5.74) is 0.815. The van der Waals surface area contributed by atoms with Crippen molar-refractivity contribution < 1.29 is 28.2 Å². The third kappa shape index (κ3) is 3.28. The minimum absolute atomic E-state index is 0.0282. The zero-order valence-electron chi connectivity index (χ0n) is 13.2. The summed E-state index contributed by atoms with van der Waals surface area (Å²) < 4.78 is 23.0. The van der Waals surface area contributed by atoms with E-state index in [0.29, 0.717) is 16.9 Å². The monoisotopic (exact) mass is 340 g/mol. The summed E-state index contributed by atoms with van der Waals surface area (Å²) in [4.78, 5) is 23.8. The molecule has 0 saturated heterocycles. The smallest absolute Gasteiger partial charge is 0.341 e. The van der Waals surface area contributed by atoms with Gasteiger partial charge in [0.2, 0.25) is 5.78 Å². The summed E-state index contributed by atoms with van der Waals surface area (Å²) in [6.07, 6.45) is 0. The number of halogens is 1. The van der Waals surface area contributed by atoms with E-state index in [9.17, 15) is 19.1 Å². The van der Waals surface area contributed by atoms with Crippen LogP contribution in [0.3, 0.4) is 0 Å². The standard InChI is InChI=1S/C19H13FO5/c1-24-19(23)14-7-4-12(10-15(14)21)16-8-9-17(25-16)18(22)11-2-5-13(20)6-3-11/h2-10,21H,1H3. The fourth-order valence-corrected chi connectivity index (χ4v) is 2.33. The number of carbonyl (C=O) groups excluding carboxylic acids is 2. The quantitative estimate of drug-likeness (QED) is 0.577. The van der Waals surface area contributed by atoms with E-state index in [4.69, 9.17) is 4.42 Å². The van der Waals surface area contributed by atoms with Gasteiger partial charge in [-0.1, -0.05) is 6.07 Å². The molecule has 0 spiro atoms. The molecule has 0 aliphatic rings. The Morgan fingerprint density at radius 2 is 1.76 bits per heavy atom. The Morgan fingerprint density at radius 3 is 2.40 bits per heavy atom. The molecule has 1 heterocycles. The van der Waals surface area contributed by atoms with Crippen molar-refractivity contribution in [3.63, 3.8) is 0 Å². The van der Waals surface area contributed by atoms with Gasteiger partial charge in [0.25, 0.3) is 0 Å². The fraction of sp³-hybridized carbons (Fsp3) is 0.0526. The molecule has 1 N–H and O–H groups in total. The van der Waals surface area contributed by atoms with Crippen molar-refractivity contribution in [2.45, 2.75) is 0 Å². The van der Waals surface area contributed by atoms with Gasteiger partial charge >= 0.3 is 5.97 Å². The molecule has 3 aromatic rings. The average molecular weight is 340 g/mol. The number of aromatic hydroxyl groups is 1. The van der Waals surface area contributed by atoms with Crippen LogP contribution in [-0.4, -0.2) is 24.0 Å². The van der Waals surface area contributed by atoms with Crippen molar-refractivity contribution in [1.29, 1.82) is 0 Å². The second kappa shape index (κ2) is 6.60. The third-order valence-corrected chi connectivity index (χ3v) is 3.62. The van der Waals surface area contributed by atoms with Crippen LogP contribution in [0.15, 0.2) is 59.0 Å². The number of carbonyl (C=O) groups is 2. The predicted molar refractivity (Wildman–Crippen MR) is 87.0 cm³/mol. The van der Waals surface area contributed by atoms with E-state index in [1.165, 1.54) is 49.6 Å². The number of hydrogen-bond donors (Lipinski definition) is 1. The molecule has 2 aromatic carbocycles. The number of ether oxygens (including phenoxy) is 1. The van der Waals surface area contributed by atoms with E-state index >= 15 is 0 Å². The molecule has 0 saturated carbocycles. The van der Waals surface area contributed by atoms with E-state index in [-0.39, 0.29) is 22.9 Å². The number of benzene rings is 2. The highest BCUT2D eigenvalue weighted by Crippen LogP contribution is 2.29. The summed E-state index contributed by atoms with van der Waals surface area (Å²) in [5.74, 6) is -1.31. The van der Waals surface area contributed by atoms with Gasteiger partial charge in [-0.05, 0) is 48.5 Å². The van der Waals surface area contributed by atoms with Crippen LogP contribution in [0, 0.1) is 5.82 Å². The lowest BCUT2D eigenvalue weighted by Crippen LogP contribution is -2.01. The van der Waals surface area contributed by atoms with Crippen LogP contribution in [0.2, 0.25) is 0 Å². The first-order valence-corrected chi connectivity index (χ1v) is 7.31. The third-order valence-electron chi connectivity index (χ3n) is 3.62. The lowest BCUT2D eigenvalue weighted by molar-refractivity contribution is 0.0597. The Balaban J connectivity index is 1.88. The van der Waals surface area contributed by atoms with Crippen molar-refractivity contribution in [2.75, 3.05) is 7.11 Å². The molecule has 0 unspecified atom stereocenters. The Kier molecular flexibility index (Phi) is 4.35. The first-order chi connectivity index (χ1) is 12.0. The van der Waals surface area contributed by atoms with Crippen LogP contribution in [-0.2, 0) is 4.74 Å².